The van der Waals surface area contributed by atoms with E-state index in [1.54, 1.807) is 62.1 Å². The van der Waals surface area contributed by atoms with Crippen molar-refractivity contribution in [1.29, 1.82) is 0 Å². The number of nitrogens with one attached hydrogen (secondary N) is 2. The first-order chi connectivity index (χ1) is 20.8. The Hall–Kier alpha value is -4.62. The van der Waals surface area contributed by atoms with Crippen LogP contribution < -0.4 is 20.1 Å². The van der Waals surface area contributed by atoms with Gasteiger partial charge in [-0.15, -0.1) is 0 Å². The van der Waals surface area contributed by atoms with Gasteiger partial charge in [-0.2, -0.15) is 28.1 Å². The molecule has 4 aliphatic rings. The topological polar surface area (TPSA) is 128 Å². The third kappa shape index (κ3) is 10.6. The summed E-state index contributed by atoms with van der Waals surface area (Å²) in [6, 6.07) is 13.4. The highest BCUT2D eigenvalue weighted by Gasteiger charge is 2.29. The molecular weight excluding hydrogens is 581 g/mol. The number of amides is 2. The summed E-state index contributed by atoms with van der Waals surface area (Å²) in [4.78, 5) is 39.5. The number of nitrogens with zero attached hydrogens (tertiary/aromatic N) is 4. The first-order valence-electron chi connectivity index (χ1n) is 14.1. The number of rotatable bonds is 2. The summed E-state index contributed by atoms with van der Waals surface area (Å²) in [5.74, 6) is 0.524. The third-order valence-corrected chi connectivity index (χ3v) is 6.15. The van der Waals surface area contributed by atoms with E-state index < -0.39 is 30.5 Å². The first-order valence-corrected chi connectivity index (χ1v) is 14.1. The van der Waals surface area contributed by atoms with Crippen molar-refractivity contribution in [2.24, 2.45) is 0 Å². The number of hydrogen-bond donors (Lipinski definition) is 2. The second-order valence-electron chi connectivity index (χ2n) is 11.1. The Morgan fingerprint density at radius 1 is 0.955 bits per heavy atom. The van der Waals surface area contributed by atoms with Gasteiger partial charge in [0.15, 0.2) is 6.61 Å². The van der Waals surface area contributed by atoms with Gasteiger partial charge in [-0.3, -0.25) is 4.79 Å². The molecule has 0 unspecified atom stereocenters. The van der Waals surface area contributed by atoms with Crippen molar-refractivity contribution in [3.63, 3.8) is 0 Å². The maximum absolute atomic E-state index is 12.8. The van der Waals surface area contributed by atoms with E-state index in [1.807, 2.05) is 12.1 Å². The Bertz CT molecular complexity index is 1410. The van der Waals surface area contributed by atoms with Crippen LogP contribution in [0.1, 0.15) is 54.5 Å². The summed E-state index contributed by atoms with van der Waals surface area (Å²) < 4.78 is 54.6. The number of anilines is 1. The van der Waals surface area contributed by atoms with Gasteiger partial charge in [-0.1, -0.05) is 24.3 Å². The molecular formula is C30H35F3N6O5. The van der Waals surface area contributed by atoms with Gasteiger partial charge >= 0.3 is 18.3 Å². The molecule has 7 rings (SSSR count). The fourth-order valence-electron chi connectivity index (χ4n) is 4.08. The molecule has 14 heteroatoms. The monoisotopic (exact) mass is 616 g/mol. The lowest BCUT2D eigenvalue weighted by Gasteiger charge is -2.27. The van der Waals surface area contributed by atoms with Crippen LogP contribution in [0.2, 0.25) is 0 Å². The quantitative estimate of drug-likeness (QED) is 0.419. The fraction of sp³-hybridized carbons (Fsp3) is 0.433. The summed E-state index contributed by atoms with van der Waals surface area (Å²) in [7, 11) is 0. The average Bonchev–Trinajstić information content (AvgIpc) is 2.95. The lowest BCUT2D eigenvalue weighted by Crippen LogP contribution is -2.40. The molecule has 11 nitrogen and oxygen atoms in total. The number of carbonyl (C=O) groups is 2. The highest BCUT2D eigenvalue weighted by atomic mass is 19.4. The van der Waals surface area contributed by atoms with Gasteiger partial charge in [0, 0.05) is 31.6 Å². The zero-order chi connectivity index (χ0) is 31.7. The highest BCUT2D eigenvalue weighted by Crippen LogP contribution is 2.19. The maximum atomic E-state index is 12.8. The van der Waals surface area contributed by atoms with E-state index in [0.717, 1.165) is 11.1 Å². The van der Waals surface area contributed by atoms with E-state index in [1.165, 1.54) is 0 Å². The number of aromatic nitrogens is 3. The number of hydrogen-bond acceptors (Lipinski definition) is 9. The third-order valence-electron chi connectivity index (χ3n) is 6.15. The maximum Gasteiger partial charge on any atom is 0.422 e. The standard InChI is InChI=1S/C30H35F3N6O5/c1-29(2,3)44-28(41)39-14-4-13-34-25(40)22-9-5-20(6-10-22)17-24-36-26(38-27(37-24)43-19-30(31,32)33)35-18-21-7-11-23(12-8-21)42-16-15-39/h5-12H,4,13-19H2,1-3H3,(H,34,40)(H,35,36,37,38). The normalized spacial score (nSPS) is 15.1. The molecule has 4 aliphatic heterocycles. The molecule has 1 aromatic heterocycles. The first kappa shape index (κ1) is 32.3. The van der Waals surface area contributed by atoms with Crippen LogP contribution in [-0.2, 0) is 17.7 Å². The summed E-state index contributed by atoms with van der Waals surface area (Å²) in [5.41, 5.74) is 1.31. The Kier molecular flexibility index (Phi) is 10.4. The van der Waals surface area contributed by atoms with Crippen molar-refractivity contribution in [2.75, 3.05) is 38.2 Å². The molecule has 44 heavy (non-hydrogen) atoms. The lowest BCUT2D eigenvalue weighted by molar-refractivity contribution is -0.154. The molecule has 0 aliphatic carbocycles. The predicted molar refractivity (Wildman–Crippen MR) is 155 cm³/mol. The average molecular weight is 617 g/mol. The van der Waals surface area contributed by atoms with Crippen LogP contribution in [0.3, 0.4) is 0 Å². The zero-order valence-corrected chi connectivity index (χ0v) is 24.7. The van der Waals surface area contributed by atoms with Crippen LogP contribution in [0.4, 0.5) is 23.9 Å². The molecule has 3 aromatic rings. The van der Waals surface area contributed by atoms with Crippen molar-refractivity contribution in [2.45, 2.75) is 51.9 Å². The second kappa shape index (κ2) is 14.2. The minimum absolute atomic E-state index is 0.0455. The van der Waals surface area contributed by atoms with Gasteiger partial charge in [0.05, 0.1) is 6.54 Å². The van der Waals surface area contributed by atoms with Gasteiger partial charge in [-0.25, -0.2) is 4.79 Å². The minimum atomic E-state index is -4.56. The number of halogens is 3. The van der Waals surface area contributed by atoms with Crippen LogP contribution in [-0.4, -0.2) is 76.5 Å². The van der Waals surface area contributed by atoms with E-state index in [-0.39, 0.29) is 43.8 Å². The van der Waals surface area contributed by atoms with Crippen LogP contribution >= 0.6 is 0 Å². The number of benzene rings is 2. The largest absolute Gasteiger partial charge is 0.492 e. The smallest absolute Gasteiger partial charge is 0.422 e. The Labute approximate surface area is 253 Å². The second-order valence-corrected chi connectivity index (χ2v) is 11.1. The van der Waals surface area contributed by atoms with Gasteiger partial charge in [0.2, 0.25) is 5.95 Å². The van der Waals surface area contributed by atoms with E-state index in [2.05, 4.69) is 25.6 Å². The van der Waals surface area contributed by atoms with Crippen molar-refractivity contribution >= 4 is 17.9 Å². The van der Waals surface area contributed by atoms with Gasteiger partial charge in [0.25, 0.3) is 5.91 Å². The summed E-state index contributed by atoms with van der Waals surface area (Å²) in [5, 5.41) is 5.85. The Morgan fingerprint density at radius 3 is 2.34 bits per heavy atom. The molecule has 0 radical (unpaired) electrons. The van der Waals surface area contributed by atoms with Crippen molar-refractivity contribution < 1.29 is 37.0 Å². The molecule has 6 bridgehead atoms. The van der Waals surface area contributed by atoms with Crippen LogP contribution in [0.5, 0.6) is 11.8 Å². The number of carbonyl (C=O) groups excluding carboxylic acids is 2. The minimum Gasteiger partial charge on any atom is -0.492 e. The Balaban J connectivity index is 1.55. The van der Waals surface area contributed by atoms with Crippen molar-refractivity contribution in [1.82, 2.24) is 25.2 Å². The van der Waals surface area contributed by atoms with Gasteiger partial charge in [0.1, 0.15) is 23.8 Å². The summed E-state index contributed by atoms with van der Waals surface area (Å²) >= 11 is 0. The molecule has 5 heterocycles. The zero-order valence-electron chi connectivity index (χ0n) is 24.7. The van der Waals surface area contributed by atoms with E-state index in [4.69, 9.17) is 14.2 Å². The molecule has 0 spiro atoms. The van der Waals surface area contributed by atoms with Crippen molar-refractivity contribution in [3.8, 4) is 11.8 Å². The number of ether oxygens (including phenoxy) is 3. The molecule has 2 N–H and O–H groups in total. The lowest BCUT2D eigenvalue weighted by atomic mass is 10.1. The molecule has 0 atom stereocenters. The van der Waals surface area contributed by atoms with Crippen molar-refractivity contribution in [3.05, 3.63) is 71.0 Å². The molecule has 0 fully saturated rings. The van der Waals surface area contributed by atoms with E-state index in [9.17, 15) is 22.8 Å². The number of alkyl halides is 3. The molecule has 2 amide bonds. The van der Waals surface area contributed by atoms with E-state index >= 15 is 0 Å². The van der Waals surface area contributed by atoms with Gasteiger partial charge in [-0.05, 0) is 62.6 Å². The Morgan fingerprint density at radius 2 is 1.66 bits per heavy atom. The van der Waals surface area contributed by atoms with Crippen LogP contribution in [0.25, 0.3) is 0 Å². The predicted octanol–water partition coefficient (Wildman–Crippen LogP) is 4.77. The van der Waals surface area contributed by atoms with Crippen LogP contribution in [0, 0.1) is 0 Å². The highest BCUT2D eigenvalue weighted by molar-refractivity contribution is 5.94. The summed E-state index contributed by atoms with van der Waals surface area (Å²) in [6.07, 6.45) is -4.38. The fourth-order valence-corrected chi connectivity index (χ4v) is 4.08. The molecule has 0 saturated heterocycles. The molecule has 0 saturated carbocycles. The van der Waals surface area contributed by atoms with E-state index in [0.29, 0.717) is 30.8 Å². The van der Waals surface area contributed by atoms with Crippen LogP contribution in [0.15, 0.2) is 48.5 Å². The van der Waals surface area contributed by atoms with Gasteiger partial charge < -0.3 is 29.7 Å². The summed E-state index contributed by atoms with van der Waals surface area (Å²) in [6.45, 7) is 5.26. The molecule has 2 aromatic carbocycles. The molecule has 236 valence electrons. The SMILES string of the molecule is CC(C)(C)OC(=O)N1CCCNC(=O)c2ccc(cc2)Cc2nc(nc(OCC(F)(F)F)n2)NCc2ccc(cc2)OCC1.